The van der Waals surface area contributed by atoms with Crippen LogP contribution in [0.15, 0.2) is 34.2 Å². The standard InChI is InChI=1S/C20H22N4OS2/c1-13-8-6-7-9-15(13)12-17-18(25)24(16-10-4-3-5-11-16)20(27-17)21-19-23-22-14(2)26-19/h6-9,12,16H,3-5,10-11H2,1-2H3/b17-12-,21-20+. The molecule has 2 fully saturated rings. The third-order valence-electron chi connectivity index (χ3n) is 4.96. The highest BCUT2D eigenvalue weighted by Crippen LogP contribution is 2.39. The van der Waals surface area contributed by atoms with Gasteiger partial charge in [-0.2, -0.15) is 4.99 Å². The summed E-state index contributed by atoms with van der Waals surface area (Å²) in [5.41, 5.74) is 2.23. The second-order valence-corrected chi connectivity index (χ2v) is 9.10. The molecule has 1 aliphatic carbocycles. The maximum atomic E-state index is 13.2. The van der Waals surface area contributed by atoms with E-state index in [-0.39, 0.29) is 11.9 Å². The van der Waals surface area contributed by atoms with Gasteiger partial charge in [0.15, 0.2) is 5.17 Å². The Morgan fingerprint density at radius 2 is 1.93 bits per heavy atom. The molecule has 2 aromatic rings. The predicted octanol–water partition coefficient (Wildman–Crippen LogP) is 5.09. The number of benzene rings is 1. The van der Waals surface area contributed by atoms with Crippen LogP contribution in [0, 0.1) is 13.8 Å². The Bertz CT molecular complexity index is 912. The maximum absolute atomic E-state index is 13.2. The van der Waals surface area contributed by atoms with E-state index in [2.05, 4.69) is 28.2 Å². The van der Waals surface area contributed by atoms with E-state index in [0.717, 1.165) is 39.0 Å². The zero-order valence-corrected chi connectivity index (χ0v) is 17.1. The van der Waals surface area contributed by atoms with Crippen molar-refractivity contribution >= 4 is 45.4 Å². The molecule has 0 atom stereocenters. The summed E-state index contributed by atoms with van der Waals surface area (Å²) in [4.78, 5) is 20.6. The molecule has 0 radical (unpaired) electrons. The van der Waals surface area contributed by atoms with E-state index in [9.17, 15) is 4.79 Å². The number of rotatable bonds is 3. The lowest BCUT2D eigenvalue weighted by molar-refractivity contribution is -0.124. The lowest BCUT2D eigenvalue weighted by Crippen LogP contribution is -2.40. The molecule has 1 aromatic carbocycles. The summed E-state index contributed by atoms with van der Waals surface area (Å²) >= 11 is 2.91. The van der Waals surface area contributed by atoms with Gasteiger partial charge in [-0.1, -0.05) is 54.9 Å². The van der Waals surface area contributed by atoms with Gasteiger partial charge in [-0.15, -0.1) is 10.2 Å². The fourth-order valence-electron chi connectivity index (χ4n) is 3.53. The van der Waals surface area contributed by atoms with Crippen LogP contribution < -0.4 is 0 Å². The lowest BCUT2D eigenvalue weighted by atomic mass is 9.94. The average Bonchev–Trinajstić information content (AvgIpc) is 3.21. The minimum atomic E-state index is 0.0649. The Kier molecular flexibility index (Phi) is 5.41. The highest BCUT2D eigenvalue weighted by molar-refractivity contribution is 8.18. The van der Waals surface area contributed by atoms with E-state index in [0.29, 0.717) is 5.13 Å². The summed E-state index contributed by atoms with van der Waals surface area (Å²) in [7, 11) is 0. The van der Waals surface area contributed by atoms with E-state index in [1.165, 1.54) is 42.4 Å². The van der Waals surface area contributed by atoms with Crippen molar-refractivity contribution in [3.63, 3.8) is 0 Å². The highest BCUT2D eigenvalue weighted by atomic mass is 32.2. The number of amidine groups is 1. The third kappa shape index (κ3) is 3.99. The van der Waals surface area contributed by atoms with Crippen LogP contribution in [0.2, 0.25) is 0 Å². The first-order valence-electron chi connectivity index (χ1n) is 9.29. The second-order valence-electron chi connectivity index (χ2n) is 6.93. The summed E-state index contributed by atoms with van der Waals surface area (Å²) in [6, 6.07) is 8.36. The Morgan fingerprint density at radius 3 is 2.63 bits per heavy atom. The van der Waals surface area contributed by atoms with Crippen LogP contribution in [0.25, 0.3) is 6.08 Å². The highest BCUT2D eigenvalue weighted by Gasteiger charge is 2.38. The van der Waals surface area contributed by atoms with Gasteiger partial charge in [-0.3, -0.25) is 9.69 Å². The molecule has 2 aliphatic rings. The first kappa shape index (κ1) is 18.4. The fraction of sp³-hybridized carbons (Fsp3) is 0.400. The Morgan fingerprint density at radius 1 is 1.15 bits per heavy atom. The third-order valence-corrected chi connectivity index (χ3v) is 6.67. The molecular weight excluding hydrogens is 376 g/mol. The molecule has 140 valence electrons. The fourth-order valence-corrected chi connectivity index (χ4v) is 5.18. The number of aliphatic imine (C=N–C) groups is 1. The summed E-state index contributed by atoms with van der Waals surface area (Å²) in [6.45, 7) is 3.98. The number of aryl methyl sites for hydroxylation is 2. The van der Waals surface area contributed by atoms with Crippen LogP contribution in [0.3, 0.4) is 0 Å². The SMILES string of the molecule is Cc1nnc(/N=C2/S/C(=C\c3ccccc3C)C(=O)N2C2CCCCC2)s1. The number of carbonyl (C=O) groups is 1. The van der Waals surface area contributed by atoms with Gasteiger partial charge in [0, 0.05) is 6.04 Å². The van der Waals surface area contributed by atoms with Crippen molar-refractivity contribution < 1.29 is 4.79 Å². The zero-order valence-electron chi connectivity index (χ0n) is 15.5. The second kappa shape index (κ2) is 7.94. The average molecular weight is 399 g/mol. The molecule has 0 N–H and O–H groups in total. The van der Waals surface area contributed by atoms with Crippen molar-refractivity contribution in [2.75, 3.05) is 0 Å². The number of hydrogen-bond acceptors (Lipinski definition) is 6. The van der Waals surface area contributed by atoms with Crippen molar-refractivity contribution in [2.24, 2.45) is 4.99 Å². The van der Waals surface area contributed by atoms with Gasteiger partial charge in [-0.05, 0) is 55.7 Å². The van der Waals surface area contributed by atoms with Gasteiger partial charge in [0.2, 0.25) is 5.13 Å². The molecule has 27 heavy (non-hydrogen) atoms. The summed E-state index contributed by atoms with van der Waals surface area (Å²) in [5, 5.41) is 10.4. The molecule has 7 heteroatoms. The number of hydrogen-bond donors (Lipinski definition) is 0. The largest absolute Gasteiger partial charge is 0.283 e. The van der Waals surface area contributed by atoms with Gasteiger partial charge in [0.25, 0.3) is 5.91 Å². The molecule has 1 saturated heterocycles. The van der Waals surface area contributed by atoms with Crippen LogP contribution in [-0.2, 0) is 4.79 Å². The monoisotopic (exact) mass is 398 g/mol. The van der Waals surface area contributed by atoms with E-state index in [4.69, 9.17) is 0 Å². The van der Waals surface area contributed by atoms with E-state index >= 15 is 0 Å². The molecule has 1 saturated carbocycles. The lowest BCUT2D eigenvalue weighted by Gasteiger charge is -2.30. The molecule has 1 aliphatic heterocycles. The molecule has 5 nitrogen and oxygen atoms in total. The van der Waals surface area contributed by atoms with Gasteiger partial charge in [-0.25, -0.2) is 0 Å². The van der Waals surface area contributed by atoms with Crippen LogP contribution in [0.5, 0.6) is 0 Å². The molecule has 2 heterocycles. The Hall–Kier alpha value is -1.99. The van der Waals surface area contributed by atoms with Gasteiger partial charge < -0.3 is 0 Å². The van der Waals surface area contributed by atoms with Gasteiger partial charge in [0.1, 0.15) is 5.01 Å². The summed E-state index contributed by atoms with van der Waals surface area (Å²) in [5.74, 6) is 0.0649. The zero-order chi connectivity index (χ0) is 18.8. The predicted molar refractivity (Wildman–Crippen MR) is 112 cm³/mol. The van der Waals surface area contributed by atoms with Gasteiger partial charge in [0.05, 0.1) is 4.91 Å². The van der Waals surface area contributed by atoms with Crippen molar-refractivity contribution in [3.05, 3.63) is 45.3 Å². The number of carbonyl (C=O) groups excluding carboxylic acids is 1. The van der Waals surface area contributed by atoms with Crippen molar-refractivity contribution in [3.8, 4) is 0 Å². The van der Waals surface area contributed by atoms with Crippen LogP contribution >= 0.6 is 23.1 Å². The normalized spacial score (nSPS) is 21.6. The smallest absolute Gasteiger partial charge is 0.267 e. The first-order chi connectivity index (χ1) is 13.1. The topological polar surface area (TPSA) is 58.5 Å². The minimum absolute atomic E-state index is 0.0649. The van der Waals surface area contributed by atoms with E-state index in [1.807, 2.05) is 36.1 Å². The molecule has 0 bridgehead atoms. The van der Waals surface area contributed by atoms with Crippen molar-refractivity contribution in [1.82, 2.24) is 15.1 Å². The molecule has 4 rings (SSSR count). The molecular formula is C20H22N4OS2. The maximum Gasteiger partial charge on any atom is 0.267 e. The van der Waals surface area contributed by atoms with Crippen molar-refractivity contribution in [2.45, 2.75) is 52.0 Å². The Labute approximate surface area is 167 Å². The number of thioether (sulfide) groups is 1. The number of amides is 1. The van der Waals surface area contributed by atoms with Crippen molar-refractivity contribution in [1.29, 1.82) is 0 Å². The van der Waals surface area contributed by atoms with E-state index in [1.54, 1.807) is 0 Å². The Balaban J connectivity index is 1.71. The molecule has 1 amide bonds. The van der Waals surface area contributed by atoms with E-state index < -0.39 is 0 Å². The van der Waals surface area contributed by atoms with Crippen LogP contribution in [0.1, 0.15) is 48.2 Å². The molecule has 1 aromatic heterocycles. The van der Waals surface area contributed by atoms with Gasteiger partial charge >= 0.3 is 0 Å². The summed E-state index contributed by atoms with van der Waals surface area (Å²) < 4.78 is 0. The minimum Gasteiger partial charge on any atom is -0.283 e. The first-order valence-corrected chi connectivity index (χ1v) is 10.9. The molecule has 0 spiro atoms. The quantitative estimate of drug-likeness (QED) is 0.676. The molecule has 0 unspecified atom stereocenters. The van der Waals surface area contributed by atoms with Crippen LogP contribution in [-0.4, -0.2) is 32.2 Å². The number of nitrogens with zero attached hydrogens (tertiary/aromatic N) is 4. The van der Waals surface area contributed by atoms with Crippen LogP contribution in [0.4, 0.5) is 5.13 Å². The summed E-state index contributed by atoms with van der Waals surface area (Å²) in [6.07, 6.45) is 7.66. The number of aromatic nitrogens is 2.